The summed E-state index contributed by atoms with van der Waals surface area (Å²) in [6.07, 6.45) is -7.60. The third-order valence-electron chi connectivity index (χ3n) is 10.8. The second kappa shape index (κ2) is 19.0. The van der Waals surface area contributed by atoms with Gasteiger partial charge < -0.3 is 47.2 Å². The molecule has 0 heterocycles. The van der Waals surface area contributed by atoms with Crippen molar-refractivity contribution >= 4 is 77.5 Å². The van der Waals surface area contributed by atoms with Crippen LogP contribution >= 0.6 is 0 Å². The highest BCUT2D eigenvalue weighted by molar-refractivity contribution is 7.86. The summed E-state index contributed by atoms with van der Waals surface area (Å²) in [5, 5.41) is 57.3. The lowest BCUT2D eigenvalue weighted by Gasteiger charge is -2.28. The third kappa shape index (κ3) is 9.44. The van der Waals surface area contributed by atoms with E-state index in [9.17, 15) is 65.5 Å². The normalized spacial score (nSPS) is 14.8. The number of nitrogens with two attached hydrogens (primary N) is 1. The molecular formula is C46H40N4O15S2. The highest BCUT2D eigenvalue weighted by Crippen LogP contribution is 2.42. The van der Waals surface area contributed by atoms with E-state index < -0.39 is 108 Å². The Morgan fingerprint density at radius 2 is 0.851 bits per heavy atom. The Morgan fingerprint density at radius 1 is 0.493 bits per heavy atom. The maximum atomic E-state index is 13.7. The summed E-state index contributed by atoms with van der Waals surface area (Å²) in [6, 6.07) is 31.3. The highest BCUT2D eigenvalue weighted by Gasteiger charge is 2.39. The molecule has 2 aliphatic carbocycles. The lowest BCUT2D eigenvalue weighted by molar-refractivity contribution is -0.111. The summed E-state index contributed by atoms with van der Waals surface area (Å²) in [5.74, 6) is -2.39. The fraction of sp³-hybridized carbons (Fsp3) is 0.130. The summed E-state index contributed by atoms with van der Waals surface area (Å²) in [7, 11) is -9.76. The minimum absolute atomic E-state index is 0.0155. The molecule has 4 unspecified atom stereocenters. The number of anilines is 6. The smallest absolute Gasteiger partial charge is 0.296 e. The number of benzene rings is 6. The monoisotopic (exact) mass is 952 g/mol. The maximum absolute atomic E-state index is 13.7. The van der Waals surface area contributed by atoms with E-state index in [1.54, 1.807) is 78.9 Å². The van der Waals surface area contributed by atoms with Crippen LogP contribution in [0.2, 0.25) is 0 Å². The molecule has 6 aromatic rings. The number of ketones is 4. The molecule has 0 saturated carbocycles. The third-order valence-corrected chi connectivity index (χ3v) is 12.6. The number of fused-ring (bicyclic) bond motifs is 4. The molecule has 0 bridgehead atoms. The van der Waals surface area contributed by atoms with Crippen LogP contribution in [-0.4, -0.2) is 112 Å². The van der Waals surface area contributed by atoms with Crippen LogP contribution in [0, 0.1) is 0 Å². The first-order valence-electron chi connectivity index (χ1n) is 19.9. The van der Waals surface area contributed by atoms with Crippen molar-refractivity contribution in [2.24, 2.45) is 0 Å². The van der Waals surface area contributed by atoms with Crippen LogP contribution in [-0.2, 0) is 20.2 Å². The van der Waals surface area contributed by atoms with Gasteiger partial charge in [-0.25, -0.2) is 0 Å². The van der Waals surface area contributed by atoms with Crippen molar-refractivity contribution in [1.82, 2.24) is 0 Å². The first-order valence-corrected chi connectivity index (χ1v) is 22.8. The molecule has 2 aliphatic rings. The van der Waals surface area contributed by atoms with Gasteiger partial charge in [-0.3, -0.25) is 28.3 Å². The molecule has 346 valence electrons. The van der Waals surface area contributed by atoms with Crippen LogP contribution < -0.4 is 21.7 Å². The molecule has 67 heavy (non-hydrogen) atoms. The Bertz CT molecular complexity index is 3190. The molecule has 0 radical (unpaired) electrons. The summed E-state index contributed by atoms with van der Waals surface area (Å²) in [4.78, 5) is 52.0. The second-order valence-corrected chi connectivity index (χ2v) is 17.9. The maximum Gasteiger partial charge on any atom is 0.296 e. The Hall–Kier alpha value is -7.18. The number of hydrogen-bond donors (Lipinski definition) is 11. The van der Waals surface area contributed by atoms with E-state index in [1.807, 2.05) is 0 Å². The number of para-hydroxylation sites is 2. The van der Waals surface area contributed by atoms with Crippen molar-refractivity contribution in [2.75, 3.05) is 34.8 Å². The van der Waals surface area contributed by atoms with Crippen LogP contribution in [0.4, 0.5) is 34.1 Å². The largest absolute Gasteiger partial charge is 0.397 e. The molecule has 0 aromatic heterocycles. The summed E-state index contributed by atoms with van der Waals surface area (Å²) in [5.41, 5.74) is 5.50. The van der Waals surface area contributed by atoms with E-state index in [0.29, 0.717) is 11.4 Å². The number of aliphatic hydroxyl groups excluding tert-OH is 5. The number of nitrogens with one attached hydrogen (secondary N) is 3. The summed E-state index contributed by atoms with van der Waals surface area (Å²) >= 11 is 0. The molecule has 6 aromatic carbocycles. The molecular weight excluding hydrogens is 913 g/mol. The van der Waals surface area contributed by atoms with Crippen LogP contribution in [0.25, 0.3) is 0 Å². The standard InChI is InChI=1S/C26H26N2O10S.C20H14N2O5S/c29-12-18(31)26(35)25(34)17(30)11-27-22-19(39(36,37)38)10-16(28-13-6-2-1-3-7-13)20-21(22)24(33)15-9-5-4-8-14(15)23(20)32;21-18-15(28(25,26)27)10-14(22-11-6-2-1-3-7-11)16-17(18)20(24)13-9-5-4-8-12(13)19(16)23/h1-10,17-18,25-31,34-35H,11-12H2,(H,36,37,38);1-10,22H,21H2,(H,25,26,27). The highest BCUT2D eigenvalue weighted by atomic mass is 32.2. The van der Waals surface area contributed by atoms with Crippen molar-refractivity contribution in [3.63, 3.8) is 0 Å². The van der Waals surface area contributed by atoms with Gasteiger partial charge in [0.1, 0.15) is 28.1 Å². The van der Waals surface area contributed by atoms with E-state index in [1.165, 1.54) is 30.3 Å². The van der Waals surface area contributed by atoms with Crippen molar-refractivity contribution < 1.29 is 70.7 Å². The fourth-order valence-electron chi connectivity index (χ4n) is 7.60. The van der Waals surface area contributed by atoms with Crippen molar-refractivity contribution in [3.8, 4) is 0 Å². The minimum Gasteiger partial charge on any atom is -0.397 e. The Balaban J connectivity index is 0.000000209. The lowest BCUT2D eigenvalue weighted by atomic mass is 9.82. The SMILES string of the molecule is Nc1c(S(=O)(=O)O)cc(Nc2ccccc2)c2c1C(=O)c1ccccc1C2=O.O=C1c2ccccc2C(=O)c2c(NCC(O)C(O)C(O)C(O)CO)c(S(=O)(=O)O)cc(Nc3ccccc3)c21. The molecule has 21 heteroatoms. The topological polar surface area (TPSA) is 340 Å². The molecule has 4 atom stereocenters. The second-order valence-electron chi connectivity index (χ2n) is 15.2. The zero-order valence-corrected chi connectivity index (χ0v) is 36.2. The van der Waals surface area contributed by atoms with Gasteiger partial charge in [-0.05, 0) is 36.4 Å². The number of carbonyl (C=O) groups excluding carboxylic acids is 4. The molecule has 12 N–H and O–H groups in total. The van der Waals surface area contributed by atoms with Gasteiger partial charge in [0.05, 0.1) is 57.7 Å². The van der Waals surface area contributed by atoms with Gasteiger partial charge in [-0.2, -0.15) is 16.8 Å². The average molecular weight is 953 g/mol. The number of nitrogen functional groups attached to an aromatic ring is 1. The van der Waals surface area contributed by atoms with Crippen LogP contribution in [0.3, 0.4) is 0 Å². The van der Waals surface area contributed by atoms with Crippen molar-refractivity contribution in [2.45, 2.75) is 34.2 Å². The van der Waals surface area contributed by atoms with Gasteiger partial charge >= 0.3 is 0 Å². The molecule has 0 spiro atoms. The molecule has 0 fully saturated rings. The zero-order valence-electron chi connectivity index (χ0n) is 34.6. The van der Waals surface area contributed by atoms with E-state index in [0.717, 1.165) is 12.1 Å². The van der Waals surface area contributed by atoms with Crippen molar-refractivity contribution in [3.05, 3.63) is 166 Å². The van der Waals surface area contributed by atoms with E-state index >= 15 is 0 Å². The van der Waals surface area contributed by atoms with E-state index in [2.05, 4.69) is 16.0 Å². The first-order chi connectivity index (χ1) is 31.7. The van der Waals surface area contributed by atoms with Crippen LogP contribution in [0.15, 0.2) is 131 Å². The van der Waals surface area contributed by atoms with Gasteiger partial charge in [-0.1, -0.05) is 84.9 Å². The van der Waals surface area contributed by atoms with E-state index in [-0.39, 0.29) is 50.3 Å². The minimum atomic E-state index is -5.03. The van der Waals surface area contributed by atoms with Gasteiger partial charge in [0.25, 0.3) is 20.2 Å². The first kappa shape index (κ1) is 47.8. The molecule has 0 aliphatic heterocycles. The Labute approximate surface area is 381 Å². The molecule has 8 rings (SSSR count). The molecule has 19 nitrogen and oxygen atoms in total. The Morgan fingerprint density at radius 3 is 1.27 bits per heavy atom. The van der Waals surface area contributed by atoms with Gasteiger partial charge in [0.15, 0.2) is 23.1 Å². The van der Waals surface area contributed by atoms with Gasteiger partial charge in [0.2, 0.25) is 0 Å². The molecule has 0 amide bonds. The quantitative estimate of drug-likeness (QED) is 0.0583. The number of rotatable bonds is 13. The van der Waals surface area contributed by atoms with Gasteiger partial charge in [-0.15, -0.1) is 0 Å². The fourth-order valence-corrected chi connectivity index (χ4v) is 8.94. The predicted octanol–water partition coefficient (Wildman–Crippen LogP) is 3.33. The molecule has 0 saturated heterocycles. The summed E-state index contributed by atoms with van der Waals surface area (Å²) in [6.45, 7) is -1.61. The Kier molecular flexibility index (Phi) is 13.5. The predicted molar refractivity (Wildman–Crippen MR) is 243 cm³/mol. The average Bonchev–Trinajstić information content (AvgIpc) is 3.31. The van der Waals surface area contributed by atoms with Crippen LogP contribution in [0.5, 0.6) is 0 Å². The summed E-state index contributed by atoms with van der Waals surface area (Å²) < 4.78 is 68.3. The lowest BCUT2D eigenvalue weighted by Crippen LogP contribution is -2.48. The van der Waals surface area contributed by atoms with Crippen LogP contribution in [0.1, 0.15) is 63.7 Å². The van der Waals surface area contributed by atoms with Crippen molar-refractivity contribution in [1.29, 1.82) is 0 Å². The number of carbonyl (C=O) groups is 4. The zero-order chi connectivity index (χ0) is 48.5. The number of aliphatic hydroxyl groups is 5. The number of hydrogen-bond acceptors (Lipinski definition) is 17. The van der Waals surface area contributed by atoms with E-state index in [4.69, 9.17) is 10.8 Å². The van der Waals surface area contributed by atoms with Gasteiger partial charge in [0, 0.05) is 40.2 Å².